The molecule has 2 N–H and O–H groups in total. The molecule has 0 saturated heterocycles. The van der Waals surface area contributed by atoms with Crippen molar-refractivity contribution in [2.75, 3.05) is 0 Å². The molecule has 1 aliphatic carbocycles. The molecule has 1 heterocycles. The SMILES string of the molecule is Cl.O=C(O)c1cnc(C2CC2)[nH]1. The Morgan fingerprint density at radius 1 is 1.67 bits per heavy atom. The summed E-state index contributed by atoms with van der Waals surface area (Å²) < 4.78 is 0. The number of aromatic amines is 1. The summed E-state index contributed by atoms with van der Waals surface area (Å²) in [6.07, 6.45) is 3.63. The average molecular weight is 189 g/mol. The molecule has 0 radical (unpaired) electrons. The van der Waals surface area contributed by atoms with Crippen LogP contribution in [-0.2, 0) is 0 Å². The first kappa shape index (κ1) is 9.06. The summed E-state index contributed by atoms with van der Waals surface area (Å²) in [5.41, 5.74) is 0.187. The number of rotatable bonds is 2. The second-order valence-electron chi connectivity index (χ2n) is 2.76. The number of halogens is 1. The topological polar surface area (TPSA) is 66.0 Å². The molecule has 4 nitrogen and oxygen atoms in total. The molecule has 0 aliphatic heterocycles. The van der Waals surface area contributed by atoms with Crippen LogP contribution in [0.25, 0.3) is 0 Å². The zero-order valence-corrected chi connectivity index (χ0v) is 7.10. The van der Waals surface area contributed by atoms with Crippen LogP contribution in [0.15, 0.2) is 6.20 Å². The number of aromatic carboxylic acids is 1. The van der Waals surface area contributed by atoms with Crippen LogP contribution in [0.4, 0.5) is 0 Å². The van der Waals surface area contributed by atoms with Crippen LogP contribution in [0, 0.1) is 0 Å². The first-order valence-electron chi connectivity index (χ1n) is 3.55. The lowest BCUT2D eigenvalue weighted by Gasteiger charge is -1.86. The number of carbonyl (C=O) groups is 1. The van der Waals surface area contributed by atoms with Gasteiger partial charge in [-0.1, -0.05) is 0 Å². The standard InChI is InChI=1S/C7H8N2O2.ClH/c10-7(11)5-3-8-6(9-5)4-1-2-4;/h3-4H,1-2H2,(H,8,9)(H,10,11);1H. The van der Waals surface area contributed by atoms with E-state index in [1.165, 1.54) is 6.20 Å². The van der Waals surface area contributed by atoms with Crippen molar-refractivity contribution in [1.82, 2.24) is 9.97 Å². The van der Waals surface area contributed by atoms with Crippen molar-refractivity contribution >= 4 is 18.4 Å². The van der Waals surface area contributed by atoms with Crippen LogP contribution < -0.4 is 0 Å². The van der Waals surface area contributed by atoms with Gasteiger partial charge < -0.3 is 10.1 Å². The van der Waals surface area contributed by atoms with Crippen molar-refractivity contribution in [3.8, 4) is 0 Å². The number of nitrogens with one attached hydrogen (secondary N) is 1. The number of hydrogen-bond donors (Lipinski definition) is 2. The second-order valence-corrected chi connectivity index (χ2v) is 2.76. The van der Waals surface area contributed by atoms with Crippen LogP contribution in [0.3, 0.4) is 0 Å². The molecule has 5 heteroatoms. The highest BCUT2D eigenvalue weighted by molar-refractivity contribution is 5.85. The monoisotopic (exact) mass is 188 g/mol. The Balaban J connectivity index is 0.000000720. The zero-order chi connectivity index (χ0) is 7.84. The number of carboxylic acids is 1. The van der Waals surface area contributed by atoms with Gasteiger partial charge in [-0.2, -0.15) is 0 Å². The van der Waals surface area contributed by atoms with Gasteiger partial charge in [0.25, 0.3) is 0 Å². The van der Waals surface area contributed by atoms with Crippen molar-refractivity contribution in [3.63, 3.8) is 0 Å². The van der Waals surface area contributed by atoms with Gasteiger partial charge in [0.15, 0.2) is 0 Å². The molecule has 66 valence electrons. The van der Waals surface area contributed by atoms with Crippen molar-refractivity contribution in [1.29, 1.82) is 0 Å². The molecule has 0 aromatic carbocycles. The summed E-state index contributed by atoms with van der Waals surface area (Å²) in [5.74, 6) is 0.370. The van der Waals surface area contributed by atoms with Crippen molar-refractivity contribution < 1.29 is 9.90 Å². The largest absolute Gasteiger partial charge is 0.477 e. The van der Waals surface area contributed by atoms with E-state index in [-0.39, 0.29) is 18.1 Å². The van der Waals surface area contributed by atoms with E-state index in [0.717, 1.165) is 18.7 Å². The normalized spacial score (nSPS) is 15.3. The van der Waals surface area contributed by atoms with Crippen LogP contribution >= 0.6 is 12.4 Å². The van der Waals surface area contributed by atoms with E-state index in [1.54, 1.807) is 0 Å². The Bertz CT molecular complexity index is 293. The van der Waals surface area contributed by atoms with E-state index in [9.17, 15) is 4.79 Å². The summed E-state index contributed by atoms with van der Waals surface area (Å²) in [5, 5.41) is 8.53. The Labute approximate surface area is 75.4 Å². The fourth-order valence-electron chi connectivity index (χ4n) is 1.01. The molecule has 1 fully saturated rings. The van der Waals surface area contributed by atoms with Gasteiger partial charge >= 0.3 is 5.97 Å². The van der Waals surface area contributed by atoms with Gasteiger partial charge in [0, 0.05) is 5.92 Å². The molecule has 1 aromatic rings. The maximum absolute atomic E-state index is 10.4. The Kier molecular flexibility index (Phi) is 2.38. The van der Waals surface area contributed by atoms with E-state index in [4.69, 9.17) is 5.11 Å². The number of hydrogen-bond acceptors (Lipinski definition) is 2. The minimum atomic E-state index is -0.940. The van der Waals surface area contributed by atoms with Crippen LogP contribution in [0.2, 0.25) is 0 Å². The molecule has 0 atom stereocenters. The molecule has 0 bridgehead atoms. The summed E-state index contributed by atoms with van der Waals surface area (Å²) in [7, 11) is 0. The van der Waals surface area contributed by atoms with Gasteiger partial charge in [0.2, 0.25) is 0 Å². The zero-order valence-electron chi connectivity index (χ0n) is 6.28. The highest BCUT2D eigenvalue weighted by Gasteiger charge is 2.26. The molecular weight excluding hydrogens is 180 g/mol. The maximum atomic E-state index is 10.4. The van der Waals surface area contributed by atoms with Gasteiger partial charge in [0.05, 0.1) is 6.20 Å². The highest BCUT2D eigenvalue weighted by atomic mass is 35.5. The maximum Gasteiger partial charge on any atom is 0.353 e. The molecule has 0 unspecified atom stereocenters. The third-order valence-corrected chi connectivity index (χ3v) is 1.79. The molecule has 0 spiro atoms. The Morgan fingerprint density at radius 3 is 2.75 bits per heavy atom. The lowest BCUT2D eigenvalue weighted by molar-refractivity contribution is 0.0691. The highest BCUT2D eigenvalue weighted by Crippen LogP contribution is 2.37. The minimum absolute atomic E-state index is 0. The lowest BCUT2D eigenvalue weighted by atomic mass is 10.4. The summed E-state index contributed by atoms with van der Waals surface area (Å²) in [6.45, 7) is 0. The third-order valence-electron chi connectivity index (χ3n) is 1.79. The predicted octanol–water partition coefficient (Wildman–Crippen LogP) is 1.41. The van der Waals surface area contributed by atoms with E-state index < -0.39 is 5.97 Å². The number of nitrogens with zero attached hydrogens (tertiary/aromatic N) is 1. The average Bonchev–Trinajstić information content (AvgIpc) is 2.68. The van der Waals surface area contributed by atoms with Crippen molar-refractivity contribution in [3.05, 3.63) is 17.7 Å². The summed E-state index contributed by atoms with van der Waals surface area (Å²) in [6, 6.07) is 0. The quantitative estimate of drug-likeness (QED) is 0.738. The first-order chi connectivity index (χ1) is 5.27. The summed E-state index contributed by atoms with van der Waals surface area (Å²) >= 11 is 0. The molecule has 2 rings (SSSR count). The smallest absolute Gasteiger partial charge is 0.353 e. The lowest BCUT2D eigenvalue weighted by Crippen LogP contribution is -1.95. The van der Waals surface area contributed by atoms with Crippen LogP contribution in [0.5, 0.6) is 0 Å². The molecule has 1 aromatic heterocycles. The molecular formula is C7H9ClN2O2. The fourth-order valence-corrected chi connectivity index (χ4v) is 1.01. The minimum Gasteiger partial charge on any atom is -0.477 e. The van der Waals surface area contributed by atoms with Crippen LogP contribution in [-0.4, -0.2) is 21.0 Å². The fraction of sp³-hybridized carbons (Fsp3) is 0.429. The molecule has 1 saturated carbocycles. The Hall–Kier alpha value is -1.03. The summed E-state index contributed by atoms with van der Waals surface area (Å²) in [4.78, 5) is 17.1. The molecule has 0 amide bonds. The number of H-pyrrole nitrogens is 1. The predicted molar refractivity (Wildman–Crippen MR) is 44.8 cm³/mol. The number of carboxylic acid groups (broad SMARTS) is 1. The van der Waals surface area contributed by atoms with E-state index in [0.29, 0.717) is 5.92 Å². The van der Waals surface area contributed by atoms with Gasteiger partial charge in [0.1, 0.15) is 11.5 Å². The molecule has 1 aliphatic rings. The van der Waals surface area contributed by atoms with E-state index >= 15 is 0 Å². The second kappa shape index (κ2) is 3.15. The number of aromatic nitrogens is 2. The Morgan fingerprint density at radius 2 is 2.33 bits per heavy atom. The van der Waals surface area contributed by atoms with E-state index in [2.05, 4.69) is 9.97 Å². The first-order valence-corrected chi connectivity index (χ1v) is 3.55. The van der Waals surface area contributed by atoms with E-state index in [1.807, 2.05) is 0 Å². The van der Waals surface area contributed by atoms with Gasteiger partial charge in [-0.3, -0.25) is 0 Å². The van der Waals surface area contributed by atoms with Crippen molar-refractivity contribution in [2.24, 2.45) is 0 Å². The molecule has 12 heavy (non-hydrogen) atoms. The van der Waals surface area contributed by atoms with Gasteiger partial charge in [-0.05, 0) is 12.8 Å². The van der Waals surface area contributed by atoms with Crippen LogP contribution in [0.1, 0.15) is 35.1 Å². The van der Waals surface area contributed by atoms with Gasteiger partial charge in [-0.25, -0.2) is 9.78 Å². The number of imidazole rings is 1. The van der Waals surface area contributed by atoms with Gasteiger partial charge in [-0.15, -0.1) is 12.4 Å². The third kappa shape index (κ3) is 1.58. The van der Waals surface area contributed by atoms with Crippen molar-refractivity contribution in [2.45, 2.75) is 18.8 Å².